The Balaban J connectivity index is 1.86. The molecule has 0 radical (unpaired) electrons. The van der Waals surface area contributed by atoms with Crippen LogP contribution in [0.1, 0.15) is 51.4 Å². The highest BCUT2D eigenvalue weighted by atomic mass is 32.2. The Hall–Kier alpha value is -0.0300. The molecule has 2 N–H and O–H groups in total. The molecule has 2 aliphatic carbocycles. The predicted octanol–water partition coefficient (Wildman–Crippen LogP) is 2.11. The van der Waals surface area contributed by atoms with Crippen molar-refractivity contribution in [1.29, 1.82) is 0 Å². The number of hydrazone groups is 2. The van der Waals surface area contributed by atoms with Gasteiger partial charge in [0, 0.05) is 4.79 Å². The highest BCUT2D eigenvalue weighted by Gasteiger charge is 2.24. The summed E-state index contributed by atoms with van der Waals surface area (Å²) in [4.78, 5) is 1.91. The Morgan fingerprint density at radius 3 is 1.50 bits per heavy atom. The minimum atomic E-state index is 0.586. The highest BCUT2D eigenvalue weighted by molar-refractivity contribution is 8.23. The molecule has 0 heterocycles. The first kappa shape index (κ1) is 12.4. The van der Waals surface area contributed by atoms with Crippen LogP contribution in [-0.4, -0.2) is 21.3 Å². The number of nitrogens with one attached hydrogen (secondary N) is 2. The van der Waals surface area contributed by atoms with Crippen LogP contribution < -0.4 is 10.9 Å². The van der Waals surface area contributed by atoms with Gasteiger partial charge in [0.05, 0.1) is 12.1 Å². The smallest absolute Gasteiger partial charge is 0.166 e. The number of hydrogen-bond donors (Lipinski definition) is 4. The van der Waals surface area contributed by atoms with E-state index in [1.807, 2.05) is 4.79 Å². The number of hydrogen-bond acceptors (Lipinski definition) is 2. The first-order chi connectivity index (χ1) is 7.75. The second-order valence-electron chi connectivity index (χ2n) is 4.86. The van der Waals surface area contributed by atoms with Crippen LogP contribution in [0.4, 0.5) is 0 Å². The van der Waals surface area contributed by atoms with Crippen molar-refractivity contribution in [2.75, 3.05) is 0 Å². The molecule has 0 bridgehead atoms. The maximum atomic E-state index is 4.32. The van der Waals surface area contributed by atoms with Crippen LogP contribution in [0.15, 0.2) is 0 Å². The zero-order valence-electron chi connectivity index (χ0n) is 9.65. The lowest BCUT2D eigenvalue weighted by molar-refractivity contribution is -0.648. The van der Waals surface area contributed by atoms with Crippen LogP contribution in [0.25, 0.3) is 0 Å². The molecule has 2 rings (SSSR count). The van der Waals surface area contributed by atoms with E-state index < -0.39 is 0 Å². The quantitative estimate of drug-likeness (QED) is 0.205. The monoisotopic (exact) mass is 260 g/mol. The van der Waals surface area contributed by atoms with Crippen LogP contribution in [0.2, 0.25) is 0 Å². The van der Waals surface area contributed by atoms with Gasteiger partial charge in [-0.2, -0.15) is 10.9 Å². The summed E-state index contributed by atoms with van der Waals surface area (Å²) in [5.74, 6) is 0. The van der Waals surface area contributed by atoms with E-state index in [1.165, 1.54) is 51.4 Å². The van der Waals surface area contributed by atoms with E-state index in [-0.39, 0.29) is 0 Å². The van der Waals surface area contributed by atoms with Crippen molar-refractivity contribution in [2.24, 2.45) is 0 Å². The maximum absolute atomic E-state index is 4.32. The first-order valence-corrected chi connectivity index (χ1v) is 7.22. The second-order valence-corrected chi connectivity index (χ2v) is 6.06. The summed E-state index contributed by atoms with van der Waals surface area (Å²) in [6.07, 6.45) is 10.4. The fourth-order valence-electron chi connectivity index (χ4n) is 2.63. The number of rotatable bonds is 4. The van der Waals surface area contributed by atoms with Crippen LogP contribution in [0.5, 0.6) is 0 Å². The van der Waals surface area contributed by atoms with Gasteiger partial charge in [-0.1, -0.05) is 50.9 Å². The van der Waals surface area contributed by atoms with Gasteiger partial charge in [0.1, 0.15) is 0 Å². The van der Waals surface area contributed by atoms with Crippen molar-refractivity contribution < 1.29 is 4.79 Å². The number of thiol groups is 2. The summed E-state index contributed by atoms with van der Waals surface area (Å²) in [6, 6.07) is 1.17. The molecule has 0 spiro atoms. The fraction of sp³-hybridized carbons (Fsp3) is 0.909. The molecule has 2 saturated carbocycles. The SMILES string of the molecule is SC(S)=[N+](NC1CCCC1)NC1CCCC1. The third kappa shape index (κ3) is 3.48. The van der Waals surface area contributed by atoms with Crippen molar-refractivity contribution in [3.63, 3.8) is 0 Å². The van der Waals surface area contributed by atoms with Gasteiger partial charge in [-0.25, -0.2) is 0 Å². The molecule has 5 heteroatoms. The van der Waals surface area contributed by atoms with Crippen molar-refractivity contribution in [1.82, 2.24) is 10.9 Å². The van der Waals surface area contributed by atoms with Gasteiger partial charge in [-0.15, -0.1) is 0 Å². The Morgan fingerprint density at radius 2 is 1.19 bits per heavy atom. The molecule has 0 saturated heterocycles. The zero-order chi connectivity index (χ0) is 11.4. The molecule has 0 atom stereocenters. The summed E-state index contributed by atoms with van der Waals surface area (Å²) >= 11 is 8.64. The van der Waals surface area contributed by atoms with Gasteiger partial charge in [-0.05, 0) is 25.7 Å². The first-order valence-electron chi connectivity index (χ1n) is 6.33. The van der Waals surface area contributed by atoms with Gasteiger partial charge >= 0.3 is 4.38 Å². The van der Waals surface area contributed by atoms with Gasteiger partial charge < -0.3 is 0 Å². The summed E-state index contributed by atoms with van der Waals surface area (Å²) in [5.41, 5.74) is 6.95. The van der Waals surface area contributed by atoms with Crippen LogP contribution in [-0.2, 0) is 0 Å². The molecule has 0 aromatic rings. The minimum absolute atomic E-state index is 0.586. The lowest BCUT2D eigenvalue weighted by atomic mass is 10.3. The van der Waals surface area contributed by atoms with Gasteiger partial charge in [0.25, 0.3) is 0 Å². The van der Waals surface area contributed by atoms with E-state index in [1.54, 1.807) is 0 Å². The van der Waals surface area contributed by atoms with E-state index in [4.69, 9.17) is 0 Å². The van der Waals surface area contributed by atoms with Crippen LogP contribution in [0, 0.1) is 0 Å². The molecule has 0 amide bonds. The molecule has 92 valence electrons. The Morgan fingerprint density at radius 1 is 0.812 bits per heavy atom. The molecule has 0 aromatic carbocycles. The number of hydrazine groups is 2. The van der Waals surface area contributed by atoms with E-state index in [9.17, 15) is 0 Å². The molecule has 2 aliphatic rings. The average molecular weight is 260 g/mol. The standard InChI is InChI=1S/C11H21N3S2/c15-11(16)14(12-9-5-1-2-6-9)13-10-7-3-4-8-10/h9-10,12-13H,1-8H2,(H,15,16)/p+1. The normalized spacial score (nSPS) is 22.4. The van der Waals surface area contributed by atoms with Gasteiger partial charge in [-0.3, -0.25) is 0 Å². The maximum Gasteiger partial charge on any atom is 0.324 e. The zero-order valence-corrected chi connectivity index (χ0v) is 11.4. The summed E-state index contributed by atoms with van der Waals surface area (Å²) < 4.78 is 0.707. The molecule has 2 fully saturated rings. The largest absolute Gasteiger partial charge is 0.324 e. The summed E-state index contributed by atoms with van der Waals surface area (Å²) in [5, 5.41) is 0. The van der Waals surface area contributed by atoms with Crippen molar-refractivity contribution in [2.45, 2.75) is 63.5 Å². The lowest BCUT2D eigenvalue weighted by Crippen LogP contribution is -2.49. The van der Waals surface area contributed by atoms with Gasteiger partial charge in [0.15, 0.2) is 0 Å². The Labute approximate surface area is 109 Å². The average Bonchev–Trinajstić information content (AvgIpc) is 2.88. The topological polar surface area (TPSA) is 27.1 Å². The van der Waals surface area contributed by atoms with E-state index in [0.29, 0.717) is 16.5 Å². The fourth-order valence-corrected chi connectivity index (χ4v) is 2.86. The van der Waals surface area contributed by atoms with E-state index in [2.05, 4.69) is 36.1 Å². The molecule has 16 heavy (non-hydrogen) atoms. The number of nitrogens with zero attached hydrogens (tertiary/aromatic N) is 1. The highest BCUT2D eigenvalue weighted by Crippen LogP contribution is 2.19. The molecule has 3 nitrogen and oxygen atoms in total. The predicted molar refractivity (Wildman–Crippen MR) is 74.0 cm³/mol. The summed E-state index contributed by atoms with van der Waals surface area (Å²) in [7, 11) is 0. The van der Waals surface area contributed by atoms with E-state index in [0.717, 1.165) is 0 Å². The van der Waals surface area contributed by atoms with Crippen molar-refractivity contribution >= 4 is 29.6 Å². The minimum Gasteiger partial charge on any atom is -0.166 e. The Bertz CT molecular complexity index is 232. The molecule has 0 unspecified atom stereocenters. The molecular weight excluding hydrogens is 238 g/mol. The Kier molecular flexibility index (Phi) is 4.70. The molecule has 0 aromatic heterocycles. The third-order valence-corrected chi connectivity index (χ3v) is 3.93. The molecule has 0 aliphatic heterocycles. The lowest BCUT2D eigenvalue weighted by Gasteiger charge is -2.15. The van der Waals surface area contributed by atoms with Crippen molar-refractivity contribution in [3.8, 4) is 0 Å². The second kappa shape index (κ2) is 6.05. The summed E-state index contributed by atoms with van der Waals surface area (Å²) in [6.45, 7) is 0. The molecular formula is C11H22N3S2+. The van der Waals surface area contributed by atoms with Crippen LogP contribution in [0.3, 0.4) is 0 Å². The third-order valence-electron chi connectivity index (χ3n) is 3.53. The van der Waals surface area contributed by atoms with Gasteiger partial charge in [0.2, 0.25) is 0 Å². The van der Waals surface area contributed by atoms with Crippen LogP contribution >= 0.6 is 25.3 Å². The van der Waals surface area contributed by atoms with Crippen molar-refractivity contribution in [3.05, 3.63) is 0 Å². The van der Waals surface area contributed by atoms with E-state index >= 15 is 0 Å².